The van der Waals surface area contributed by atoms with Crippen LogP contribution in [0, 0.1) is 0 Å². The zero-order valence-corrected chi connectivity index (χ0v) is 20.2. The largest absolute Gasteiger partial charge is 0.471 e. The molecule has 0 aliphatic carbocycles. The van der Waals surface area contributed by atoms with Crippen molar-refractivity contribution in [3.05, 3.63) is 91.7 Å². The van der Waals surface area contributed by atoms with Crippen LogP contribution in [0.4, 0.5) is 5.82 Å². The number of benzene rings is 2. The molecule has 1 amide bonds. The van der Waals surface area contributed by atoms with Crippen molar-refractivity contribution in [1.29, 1.82) is 0 Å². The third-order valence-electron chi connectivity index (χ3n) is 4.38. The summed E-state index contributed by atoms with van der Waals surface area (Å²) >= 11 is 22.0. The third kappa shape index (κ3) is 5.45. The van der Waals surface area contributed by atoms with E-state index in [1.165, 1.54) is 4.68 Å². The molecule has 0 unspecified atom stereocenters. The fourth-order valence-electron chi connectivity index (χ4n) is 2.81. The summed E-state index contributed by atoms with van der Waals surface area (Å²) in [5.41, 5.74) is 0.904. The Hall–Kier alpha value is -2.52. The first kappa shape index (κ1) is 22.7. The molecule has 32 heavy (non-hydrogen) atoms. The molecule has 0 atom stereocenters. The maximum Gasteiger partial charge on any atom is 0.277 e. The van der Waals surface area contributed by atoms with Gasteiger partial charge < -0.3 is 10.1 Å². The second-order valence-corrected chi connectivity index (χ2v) is 8.78. The molecule has 0 bridgehead atoms. The first-order valence-corrected chi connectivity index (χ1v) is 11.2. The van der Waals surface area contributed by atoms with Gasteiger partial charge >= 0.3 is 0 Å². The number of hydrogen-bond donors (Lipinski definition) is 1. The number of carbonyl (C=O) groups excluding carboxylic acids is 1. The summed E-state index contributed by atoms with van der Waals surface area (Å²) in [7, 11) is 0. The molecule has 0 spiro atoms. The average molecular weight is 556 g/mol. The van der Waals surface area contributed by atoms with E-state index in [1.54, 1.807) is 41.3 Å². The van der Waals surface area contributed by atoms with Gasteiger partial charge in [0.25, 0.3) is 5.91 Å². The molecule has 2 aromatic heterocycles. The van der Waals surface area contributed by atoms with Crippen LogP contribution in [-0.2, 0) is 13.3 Å². The maximum absolute atomic E-state index is 12.6. The minimum absolute atomic E-state index is 0.156. The van der Waals surface area contributed by atoms with Crippen molar-refractivity contribution >= 4 is 62.5 Å². The molecule has 2 aromatic carbocycles. The molecule has 0 radical (unpaired) electrons. The van der Waals surface area contributed by atoms with Crippen LogP contribution in [0.25, 0.3) is 0 Å². The highest BCUT2D eigenvalue weighted by Gasteiger charge is 2.16. The Morgan fingerprint density at radius 1 is 0.969 bits per heavy atom. The van der Waals surface area contributed by atoms with Crippen LogP contribution >= 0.6 is 50.7 Å². The van der Waals surface area contributed by atoms with E-state index in [2.05, 4.69) is 31.4 Å². The summed E-state index contributed by atoms with van der Waals surface area (Å²) in [6, 6.07) is 14.2. The fourth-order valence-corrected chi connectivity index (χ4v) is 3.78. The molecule has 0 aliphatic rings. The van der Waals surface area contributed by atoms with Crippen molar-refractivity contribution in [3.63, 3.8) is 0 Å². The van der Waals surface area contributed by atoms with Crippen molar-refractivity contribution in [2.24, 2.45) is 0 Å². The topological polar surface area (TPSA) is 74.0 Å². The molecule has 4 aromatic rings. The van der Waals surface area contributed by atoms with Crippen LogP contribution in [0.5, 0.6) is 5.75 Å². The lowest BCUT2D eigenvalue weighted by Crippen LogP contribution is -2.15. The lowest BCUT2D eigenvalue weighted by atomic mass is 10.2. The number of nitrogens with zero attached hydrogens (tertiary/aromatic N) is 4. The van der Waals surface area contributed by atoms with Crippen molar-refractivity contribution in [2.45, 2.75) is 13.3 Å². The van der Waals surface area contributed by atoms with Gasteiger partial charge in [-0.3, -0.25) is 9.48 Å². The van der Waals surface area contributed by atoms with Gasteiger partial charge in [0, 0.05) is 32.5 Å². The van der Waals surface area contributed by atoms with Gasteiger partial charge in [0.2, 0.25) is 0 Å². The van der Waals surface area contributed by atoms with E-state index in [0.29, 0.717) is 27.9 Å². The number of aromatic nitrogens is 4. The quantitative estimate of drug-likeness (QED) is 0.297. The Morgan fingerprint density at radius 2 is 1.69 bits per heavy atom. The summed E-state index contributed by atoms with van der Waals surface area (Å²) < 4.78 is 9.67. The number of amides is 1. The Bertz CT molecular complexity index is 1240. The van der Waals surface area contributed by atoms with Gasteiger partial charge in [0.05, 0.1) is 6.54 Å². The minimum atomic E-state index is -0.449. The van der Waals surface area contributed by atoms with E-state index in [9.17, 15) is 4.79 Å². The second-order valence-electron chi connectivity index (χ2n) is 6.65. The third-order valence-corrected chi connectivity index (χ3v) is 5.89. The number of carbonyl (C=O) groups is 1. The predicted molar refractivity (Wildman–Crippen MR) is 128 cm³/mol. The van der Waals surface area contributed by atoms with Gasteiger partial charge in [-0.25, -0.2) is 4.68 Å². The second kappa shape index (κ2) is 9.95. The lowest BCUT2D eigenvalue weighted by molar-refractivity contribution is 0.101. The van der Waals surface area contributed by atoms with Crippen LogP contribution in [-0.4, -0.2) is 25.5 Å². The number of anilines is 1. The van der Waals surface area contributed by atoms with Crippen LogP contribution in [0.15, 0.2) is 65.4 Å². The Morgan fingerprint density at radius 3 is 2.41 bits per heavy atom. The SMILES string of the molecule is O=C(Nc1nn(Cc2c(Cl)cccc2Cl)cc1Cl)c1ccn(COc2ccc(Br)cc2)n1. The molecule has 0 saturated heterocycles. The molecular weight excluding hydrogens is 541 g/mol. The molecule has 1 N–H and O–H groups in total. The molecular formula is C21H15BrCl3N5O2. The van der Waals surface area contributed by atoms with E-state index in [0.717, 1.165) is 4.47 Å². The van der Waals surface area contributed by atoms with E-state index >= 15 is 0 Å². The maximum atomic E-state index is 12.6. The predicted octanol–water partition coefficient (Wildman–Crippen LogP) is 6.14. The van der Waals surface area contributed by atoms with E-state index in [4.69, 9.17) is 39.5 Å². The molecule has 0 aliphatic heterocycles. The van der Waals surface area contributed by atoms with Crippen molar-refractivity contribution < 1.29 is 9.53 Å². The normalized spacial score (nSPS) is 10.9. The Balaban J connectivity index is 1.39. The number of hydrogen-bond acceptors (Lipinski definition) is 4. The molecule has 0 fully saturated rings. The van der Waals surface area contributed by atoms with Gasteiger partial charge in [-0.05, 0) is 42.5 Å². The standard InChI is InChI=1S/C21H15BrCl3N5O2/c22-13-4-6-14(7-5-13)32-12-29-9-8-19(27-29)21(31)26-20-18(25)11-30(28-20)10-15-16(23)2-1-3-17(15)24/h1-9,11H,10,12H2,(H,26,28,31). The summed E-state index contributed by atoms with van der Waals surface area (Å²) in [6.07, 6.45) is 3.23. The summed E-state index contributed by atoms with van der Waals surface area (Å²) in [4.78, 5) is 12.6. The van der Waals surface area contributed by atoms with Gasteiger partial charge in [-0.15, -0.1) is 0 Å². The number of rotatable bonds is 7. The highest BCUT2D eigenvalue weighted by molar-refractivity contribution is 9.10. The van der Waals surface area contributed by atoms with Crippen molar-refractivity contribution in [2.75, 3.05) is 5.32 Å². The summed E-state index contributed by atoms with van der Waals surface area (Å²) in [5.74, 6) is 0.446. The van der Waals surface area contributed by atoms with Gasteiger partial charge in [0.1, 0.15) is 10.8 Å². The van der Waals surface area contributed by atoms with Crippen molar-refractivity contribution in [1.82, 2.24) is 19.6 Å². The first-order valence-electron chi connectivity index (χ1n) is 9.28. The summed E-state index contributed by atoms with van der Waals surface area (Å²) in [6.45, 7) is 0.457. The van der Waals surface area contributed by atoms with Crippen LogP contribution in [0.1, 0.15) is 16.1 Å². The molecule has 11 heteroatoms. The van der Waals surface area contributed by atoms with Gasteiger partial charge in [-0.1, -0.05) is 56.8 Å². The molecule has 4 rings (SSSR count). The molecule has 7 nitrogen and oxygen atoms in total. The molecule has 2 heterocycles. The first-order chi connectivity index (χ1) is 15.4. The average Bonchev–Trinajstić information content (AvgIpc) is 3.37. The Kier molecular flexibility index (Phi) is 7.05. The number of halogens is 4. The highest BCUT2D eigenvalue weighted by Crippen LogP contribution is 2.27. The monoisotopic (exact) mass is 553 g/mol. The van der Waals surface area contributed by atoms with Crippen LogP contribution < -0.4 is 10.1 Å². The zero-order chi connectivity index (χ0) is 22.7. The molecule has 0 saturated carbocycles. The lowest BCUT2D eigenvalue weighted by Gasteiger charge is -2.07. The van der Waals surface area contributed by atoms with Crippen LogP contribution in [0.3, 0.4) is 0 Å². The van der Waals surface area contributed by atoms with E-state index in [-0.39, 0.29) is 23.3 Å². The van der Waals surface area contributed by atoms with E-state index < -0.39 is 5.91 Å². The summed E-state index contributed by atoms with van der Waals surface area (Å²) in [5, 5.41) is 12.5. The van der Waals surface area contributed by atoms with E-state index in [1.807, 2.05) is 24.3 Å². The van der Waals surface area contributed by atoms with Crippen LogP contribution in [0.2, 0.25) is 15.1 Å². The zero-order valence-electron chi connectivity index (χ0n) is 16.3. The van der Waals surface area contributed by atoms with Crippen molar-refractivity contribution in [3.8, 4) is 5.75 Å². The van der Waals surface area contributed by atoms with Gasteiger partial charge in [-0.2, -0.15) is 10.2 Å². The number of ether oxygens (including phenoxy) is 1. The Labute approximate surface area is 207 Å². The smallest absolute Gasteiger partial charge is 0.277 e. The molecule has 164 valence electrons. The highest BCUT2D eigenvalue weighted by atomic mass is 79.9. The minimum Gasteiger partial charge on any atom is -0.471 e. The van der Waals surface area contributed by atoms with Gasteiger partial charge in [0.15, 0.2) is 18.2 Å². The fraction of sp³-hybridized carbons (Fsp3) is 0.0952. The number of nitrogens with one attached hydrogen (secondary N) is 1.